The van der Waals surface area contributed by atoms with E-state index in [1.807, 2.05) is 37.3 Å². The molecule has 1 atom stereocenters. The van der Waals surface area contributed by atoms with Gasteiger partial charge in [-0.25, -0.2) is 4.79 Å². The summed E-state index contributed by atoms with van der Waals surface area (Å²) in [5.74, 6) is 0.183. The van der Waals surface area contributed by atoms with Crippen molar-refractivity contribution < 1.29 is 19.1 Å². The van der Waals surface area contributed by atoms with E-state index in [2.05, 4.69) is 15.9 Å². The van der Waals surface area contributed by atoms with E-state index in [9.17, 15) is 9.59 Å². The van der Waals surface area contributed by atoms with Gasteiger partial charge in [-0.1, -0.05) is 34.1 Å². The Hall–Kier alpha value is -2.38. The summed E-state index contributed by atoms with van der Waals surface area (Å²) in [7, 11) is 1.70. The molecule has 0 spiro atoms. The molecule has 2 aromatic carbocycles. The fourth-order valence-electron chi connectivity index (χ4n) is 2.64. The number of carbonyl (C=O) groups is 2. The molecule has 0 radical (unpaired) electrons. The molecular weight excluding hydrogens is 412 g/mol. The van der Waals surface area contributed by atoms with Gasteiger partial charge in [-0.3, -0.25) is 4.79 Å². The van der Waals surface area contributed by atoms with E-state index in [1.165, 1.54) is 0 Å². The van der Waals surface area contributed by atoms with Gasteiger partial charge in [0.15, 0.2) is 0 Å². The highest BCUT2D eigenvalue weighted by molar-refractivity contribution is 9.10. The lowest BCUT2D eigenvalue weighted by atomic mass is 10.0. The molecule has 0 saturated heterocycles. The van der Waals surface area contributed by atoms with Crippen molar-refractivity contribution in [1.82, 2.24) is 0 Å². The van der Waals surface area contributed by atoms with Crippen molar-refractivity contribution >= 4 is 33.7 Å². The summed E-state index contributed by atoms with van der Waals surface area (Å²) in [6.45, 7) is 3.82. The van der Waals surface area contributed by atoms with E-state index < -0.39 is 12.2 Å². The minimum Gasteiger partial charge on any atom is -0.434 e. The lowest BCUT2D eigenvalue weighted by molar-refractivity contribution is -0.119. The number of nitrogens with zero attached hydrogens (tertiary/aromatic N) is 1. The molecule has 0 aliphatic carbocycles. The Bertz CT molecular complexity index is 788. The maximum Gasteiger partial charge on any atom is 0.513 e. The van der Waals surface area contributed by atoms with Gasteiger partial charge in [0.25, 0.3) is 0 Å². The third kappa shape index (κ3) is 5.55. The molecule has 1 amide bonds. The normalized spacial score (nSPS) is 11.6. The van der Waals surface area contributed by atoms with Gasteiger partial charge in [-0.05, 0) is 55.7 Å². The average Bonchev–Trinajstić information content (AvgIpc) is 2.64. The van der Waals surface area contributed by atoms with Crippen LogP contribution in [0.25, 0.3) is 0 Å². The smallest absolute Gasteiger partial charge is 0.434 e. The van der Waals surface area contributed by atoms with Crippen LogP contribution in [0.2, 0.25) is 0 Å². The number of benzene rings is 2. The SMILES string of the molecule is CCOC(=O)Oc1cc(C)c(C[C@@H](N)C(=O)N(C)c2ccccc2)c(Br)c1. The summed E-state index contributed by atoms with van der Waals surface area (Å²) < 4.78 is 10.6. The van der Waals surface area contributed by atoms with Crippen LogP contribution in [0.3, 0.4) is 0 Å². The number of ether oxygens (including phenoxy) is 2. The van der Waals surface area contributed by atoms with E-state index in [0.717, 1.165) is 16.8 Å². The number of carbonyl (C=O) groups excluding carboxylic acids is 2. The van der Waals surface area contributed by atoms with Crippen LogP contribution in [-0.2, 0) is 16.0 Å². The number of rotatable bonds is 6. The van der Waals surface area contributed by atoms with E-state index in [0.29, 0.717) is 16.6 Å². The van der Waals surface area contributed by atoms with Crippen molar-refractivity contribution in [2.24, 2.45) is 5.73 Å². The molecule has 0 aliphatic heterocycles. The molecule has 0 bridgehead atoms. The van der Waals surface area contributed by atoms with Crippen LogP contribution in [-0.4, -0.2) is 31.8 Å². The molecule has 2 rings (SSSR count). The van der Waals surface area contributed by atoms with Crippen LogP contribution in [0.4, 0.5) is 10.5 Å². The number of aryl methyl sites for hydroxylation is 1. The van der Waals surface area contributed by atoms with Crippen LogP contribution < -0.4 is 15.4 Å². The zero-order valence-corrected chi connectivity index (χ0v) is 17.2. The molecule has 2 N–H and O–H groups in total. The quantitative estimate of drug-likeness (QED) is 0.551. The number of likely N-dealkylation sites (N-methyl/N-ethyl adjacent to an activating group) is 1. The molecule has 0 unspecified atom stereocenters. The van der Waals surface area contributed by atoms with Crippen LogP contribution in [0, 0.1) is 6.92 Å². The van der Waals surface area contributed by atoms with E-state index in [4.69, 9.17) is 15.2 Å². The van der Waals surface area contributed by atoms with E-state index in [-0.39, 0.29) is 12.5 Å². The van der Waals surface area contributed by atoms with E-state index >= 15 is 0 Å². The van der Waals surface area contributed by atoms with Gasteiger partial charge in [0, 0.05) is 17.2 Å². The topological polar surface area (TPSA) is 81.9 Å². The van der Waals surface area contributed by atoms with Gasteiger partial charge < -0.3 is 20.1 Å². The average molecular weight is 435 g/mol. The number of hydrogen-bond donors (Lipinski definition) is 1. The second kappa shape index (κ2) is 9.53. The fraction of sp³-hybridized carbons (Fsp3) is 0.300. The molecule has 0 fully saturated rings. The zero-order chi connectivity index (χ0) is 20.0. The molecule has 0 aromatic heterocycles. The van der Waals surface area contributed by atoms with Gasteiger partial charge in [-0.15, -0.1) is 0 Å². The maximum atomic E-state index is 12.7. The highest BCUT2D eigenvalue weighted by Crippen LogP contribution is 2.28. The number of amides is 1. The molecule has 0 saturated carbocycles. The number of anilines is 1. The summed E-state index contributed by atoms with van der Waals surface area (Å²) >= 11 is 3.47. The van der Waals surface area contributed by atoms with Crippen molar-refractivity contribution in [2.45, 2.75) is 26.3 Å². The second-order valence-corrected chi connectivity index (χ2v) is 6.88. The molecule has 0 aliphatic rings. The first kappa shape index (κ1) is 20.9. The van der Waals surface area contributed by atoms with Crippen LogP contribution in [0.1, 0.15) is 18.1 Å². The van der Waals surface area contributed by atoms with Gasteiger partial charge in [-0.2, -0.15) is 0 Å². The predicted molar refractivity (Wildman–Crippen MR) is 108 cm³/mol. The van der Waals surface area contributed by atoms with Crippen molar-refractivity contribution in [3.63, 3.8) is 0 Å². The minimum atomic E-state index is -0.757. The van der Waals surface area contributed by atoms with Gasteiger partial charge in [0.1, 0.15) is 5.75 Å². The molecule has 6 nitrogen and oxygen atoms in total. The Balaban J connectivity index is 2.12. The van der Waals surface area contributed by atoms with Crippen LogP contribution in [0.15, 0.2) is 46.9 Å². The van der Waals surface area contributed by atoms with Crippen molar-refractivity contribution in [2.75, 3.05) is 18.6 Å². The summed E-state index contributed by atoms with van der Waals surface area (Å²) in [5.41, 5.74) is 8.69. The summed E-state index contributed by atoms with van der Waals surface area (Å²) in [4.78, 5) is 25.7. The van der Waals surface area contributed by atoms with Crippen molar-refractivity contribution in [3.8, 4) is 5.75 Å². The van der Waals surface area contributed by atoms with Crippen LogP contribution in [0.5, 0.6) is 5.75 Å². The molecule has 7 heteroatoms. The zero-order valence-electron chi connectivity index (χ0n) is 15.6. The van der Waals surface area contributed by atoms with E-state index in [1.54, 1.807) is 31.0 Å². The highest BCUT2D eigenvalue weighted by Gasteiger charge is 2.22. The van der Waals surface area contributed by atoms with Gasteiger partial charge >= 0.3 is 6.16 Å². The van der Waals surface area contributed by atoms with Gasteiger partial charge in [0.2, 0.25) is 5.91 Å². The second-order valence-electron chi connectivity index (χ2n) is 6.03. The van der Waals surface area contributed by atoms with Gasteiger partial charge in [0.05, 0.1) is 12.6 Å². The Kier molecular flexibility index (Phi) is 7.38. The number of nitrogens with two attached hydrogens (primary N) is 1. The summed E-state index contributed by atoms with van der Waals surface area (Å²) in [5, 5.41) is 0. The summed E-state index contributed by atoms with van der Waals surface area (Å²) in [6.07, 6.45) is -0.407. The number of halogens is 1. The maximum absolute atomic E-state index is 12.7. The predicted octanol–water partition coefficient (Wildman–Crippen LogP) is 3.83. The lowest BCUT2D eigenvalue weighted by Crippen LogP contribution is -2.43. The molecule has 27 heavy (non-hydrogen) atoms. The lowest BCUT2D eigenvalue weighted by Gasteiger charge is -2.22. The molecular formula is C20H23BrN2O4. The molecule has 0 heterocycles. The monoisotopic (exact) mass is 434 g/mol. The number of para-hydroxylation sites is 1. The Morgan fingerprint density at radius 3 is 2.48 bits per heavy atom. The third-order valence-corrected chi connectivity index (χ3v) is 4.78. The standard InChI is InChI=1S/C20H23BrN2O4/c1-4-26-20(25)27-15-10-13(2)16(17(21)11-15)12-18(22)19(24)23(3)14-8-6-5-7-9-14/h5-11,18H,4,12,22H2,1-3H3/t18-/m1/s1. The third-order valence-electron chi connectivity index (χ3n) is 4.07. The first-order chi connectivity index (χ1) is 12.8. The minimum absolute atomic E-state index is 0.181. The van der Waals surface area contributed by atoms with Crippen molar-refractivity contribution in [1.29, 1.82) is 0 Å². The molecule has 2 aromatic rings. The van der Waals surface area contributed by atoms with Crippen LogP contribution >= 0.6 is 15.9 Å². The summed E-state index contributed by atoms with van der Waals surface area (Å²) in [6, 6.07) is 12.0. The Labute approximate surface area is 167 Å². The number of hydrogen-bond acceptors (Lipinski definition) is 5. The highest BCUT2D eigenvalue weighted by atomic mass is 79.9. The Morgan fingerprint density at radius 2 is 1.89 bits per heavy atom. The fourth-order valence-corrected chi connectivity index (χ4v) is 3.34. The first-order valence-electron chi connectivity index (χ1n) is 8.55. The molecule has 144 valence electrons. The van der Waals surface area contributed by atoms with Crippen molar-refractivity contribution in [3.05, 3.63) is 58.1 Å². The first-order valence-corrected chi connectivity index (χ1v) is 9.34. The largest absolute Gasteiger partial charge is 0.513 e. The Morgan fingerprint density at radius 1 is 1.22 bits per heavy atom.